The predicted molar refractivity (Wildman–Crippen MR) is 102 cm³/mol. The largest absolute Gasteiger partial charge is 0.332 e. The van der Waals surface area contributed by atoms with Crippen LogP contribution in [-0.4, -0.2) is 33.3 Å². The molecule has 0 saturated carbocycles. The van der Waals surface area contributed by atoms with Crippen molar-refractivity contribution in [3.8, 4) is 0 Å². The van der Waals surface area contributed by atoms with Crippen molar-refractivity contribution in [2.45, 2.75) is 43.4 Å². The molecule has 5 nitrogen and oxygen atoms in total. The summed E-state index contributed by atoms with van der Waals surface area (Å²) in [6.45, 7) is 1.11. The van der Waals surface area contributed by atoms with Gasteiger partial charge in [0.05, 0.1) is 24.5 Å². The van der Waals surface area contributed by atoms with E-state index in [0.29, 0.717) is 13.1 Å². The first-order valence-corrected chi connectivity index (χ1v) is 10.2. The van der Waals surface area contributed by atoms with Gasteiger partial charge in [0, 0.05) is 13.6 Å². The second-order valence-corrected chi connectivity index (χ2v) is 7.34. The molecule has 2 aromatic rings. The number of nitrogens with zero attached hydrogens (tertiary/aromatic N) is 3. The van der Waals surface area contributed by atoms with E-state index in [1.807, 2.05) is 28.8 Å². The van der Waals surface area contributed by atoms with E-state index in [2.05, 4.69) is 10.3 Å². The number of hydrogen-bond acceptors (Lipinski definition) is 3. The predicted octanol–water partition coefficient (Wildman–Crippen LogP) is 4.11. The summed E-state index contributed by atoms with van der Waals surface area (Å²) < 4.78 is 15.7. The number of thioether (sulfide) groups is 1. The van der Waals surface area contributed by atoms with Crippen LogP contribution in [0.4, 0.5) is 9.18 Å². The lowest BCUT2D eigenvalue weighted by molar-refractivity contribution is 0.175. The van der Waals surface area contributed by atoms with Crippen LogP contribution in [0.15, 0.2) is 35.6 Å². The fourth-order valence-electron chi connectivity index (χ4n) is 3.46. The molecule has 1 aliphatic rings. The number of aromatic nitrogens is 2. The molecular weight excluding hydrogens is 351 g/mol. The third-order valence-electron chi connectivity index (χ3n) is 4.89. The molecule has 140 valence electrons. The van der Waals surface area contributed by atoms with Gasteiger partial charge in [-0.3, -0.25) is 0 Å². The molecule has 1 atom stereocenters. The van der Waals surface area contributed by atoms with E-state index < -0.39 is 0 Å². The fraction of sp³-hybridized carbons (Fsp3) is 0.474. The standard InChI is InChI=1S/C19H25FN4OS/c1-23-16(13-22-19(23)26-2)12-21-18(25)24-10-5-3-4-9-17(24)14-7-6-8-15(20)11-14/h6-8,11,13,17H,3-5,9-10,12H2,1-2H3,(H,21,25)/t17-/m0/s1. The van der Waals surface area contributed by atoms with Crippen LogP contribution in [0.2, 0.25) is 0 Å². The lowest BCUT2D eigenvalue weighted by atomic mass is 10.0. The van der Waals surface area contributed by atoms with Gasteiger partial charge >= 0.3 is 6.03 Å². The molecule has 26 heavy (non-hydrogen) atoms. The summed E-state index contributed by atoms with van der Waals surface area (Å²) in [5, 5.41) is 3.93. The SMILES string of the molecule is CSc1ncc(CNC(=O)N2CCCCC[C@H]2c2cccc(F)c2)n1C. The molecule has 7 heteroatoms. The van der Waals surface area contributed by atoms with Crippen molar-refractivity contribution < 1.29 is 9.18 Å². The minimum atomic E-state index is -0.258. The molecule has 0 aliphatic carbocycles. The zero-order chi connectivity index (χ0) is 18.5. The molecule has 1 aliphatic heterocycles. The maximum Gasteiger partial charge on any atom is 0.318 e. The highest BCUT2D eigenvalue weighted by atomic mass is 32.2. The molecule has 1 N–H and O–H groups in total. The molecule has 1 aromatic heterocycles. The second kappa shape index (κ2) is 8.58. The Hall–Kier alpha value is -2.02. The number of carbonyl (C=O) groups excluding carboxylic acids is 1. The van der Waals surface area contributed by atoms with Crippen LogP contribution in [0.1, 0.15) is 43.0 Å². The number of benzene rings is 1. The molecule has 0 unspecified atom stereocenters. The van der Waals surface area contributed by atoms with E-state index in [0.717, 1.165) is 42.1 Å². The first-order chi connectivity index (χ1) is 12.6. The Kier molecular flexibility index (Phi) is 6.19. The summed E-state index contributed by atoms with van der Waals surface area (Å²) in [7, 11) is 1.95. The summed E-state index contributed by atoms with van der Waals surface area (Å²) in [6, 6.07) is 6.42. The number of urea groups is 1. The molecule has 0 spiro atoms. The molecular formula is C19H25FN4OS. The molecule has 2 heterocycles. The number of carbonyl (C=O) groups is 1. The number of halogens is 1. The zero-order valence-electron chi connectivity index (χ0n) is 15.2. The van der Waals surface area contributed by atoms with Gasteiger partial charge in [-0.2, -0.15) is 0 Å². The van der Waals surface area contributed by atoms with Crippen molar-refractivity contribution in [2.24, 2.45) is 7.05 Å². The van der Waals surface area contributed by atoms with Gasteiger partial charge in [-0.05, 0) is 36.8 Å². The van der Waals surface area contributed by atoms with Gasteiger partial charge in [-0.1, -0.05) is 36.7 Å². The third kappa shape index (κ3) is 4.20. The van der Waals surface area contributed by atoms with Gasteiger partial charge in [-0.15, -0.1) is 0 Å². The average molecular weight is 377 g/mol. The normalized spacial score (nSPS) is 17.8. The van der Waals surface area contributed by atoms with Crippen molar-refractivity contribution in [1.29, 1.82) is 0 Å². The molecule has 1 fully saturated rings. The van der Waals surface area contributed by atoms with Gasteiger partial charge in [0.25, 0.3) is 0 Å². The van der Waals surface area contributed by atoms with Crippen molar-refractivity contribution in [3.05, 3.63) is 47.5 Å². The number of amides is 2. The number of hydrogen-bond donors (Lipinski definition) is 1. The van der Waals surface area contributed by atoms with E-state index in [4.69, 9.17) is 0 Å². The fourth-order valence-corrected chi connectivity index (χ4v) is 4.01. The number of nitrogens with one attached hydrogen (secondary N) is 1. The van der Waals surface area contributed by atoms with E-state index in [-0.39, 0.29) is 17.9 Å². The second-order valence-electron chi connectivity index (χ2n) is 6.57. The quantitative estimate of drug-likeness (QED) is 0.817. The first-order valence-electron chi connectivity index (χ1n) is 8.94. The van der Waals surface area contributed by atoms with E-state index >= 15 is 0 Å². The van der Waals surface area contributed by atoms with Crippen LogP contribution in [0, 0.1) is 5.82 Å². The van der Waals surface area contributed by atoms with Gasteiger partial charge in [0.15, 0.2) is 5.16 Å². The molecule has 3 rings (SSSR count). The smallest absolute Gasteiger partial charge is 0.318 e. The number of imidazole rings is 1. The van der Waals surface area contributed by atoms with Crippen LogP contribution in [0.25, 0.3) is 0 Å². The molecule has 1 aromatic carbocycles. The van der Waals surface area contributed by atoms with Crippen molar-refractivity contribution in [1.82, 2.24) is 19.8 Å². The number of rotatable bonds is 4. The van der Waals surface area contributed by atoms with Crippen LogP contribution in [-0.2, 0) is 13.6 Å². The van der Waals surface area contributed by atoms with E-state index in [9.17, 15) is 9.18 Å². The minimum Gasteiger partial charge on any atom is -0.332 e. The number of likely N-dealkylation sites (tertiary alicyclic amines) is 1. The van der Waals surface area contributed by atoms with Gasteiger partial charge in [0.1, 0.15) is 5.82 Å². The minimum absolute atomic E-state index is 0.0819. The van der Waals surface area contributed by atoms with Crippen LogP contribution in [0.3, 0.4) is 0 Å². The summed E-state index contributed by atoms with van der Waals surface area (Å²) in [4.78, 5) is 19.1. The highest BCUT2D eigenvalue weighted by Gasteiger charge is 2.27. The summed E-state index contributed by atoms with van der Waals surface area (Å²) in [5.74, 6) is -0.258. The van der Waals surface area contributed by atoms with Crippen molar-refractivity contribution in [2.75, 3.05) is 12.8 Å². The summed E-state index contributed by atoms with van der Waals surface area (Å²) in [5.41, 5.74) is 1.83. The Bertz CT molecular complexity index is 764. The third-order valence-corrected chi connectivity index (χ3v) is 5.64. The molecule has 2 amide bonds. The lowest BCUT2D eigenvalue weighted by Crippen LogP contribution is -2.42. The maximum atomic E-state index is 13.7. The van der Waals surface area contributed by atoms with Gasteiger partial charge in [-0.25, -0.2) is 14.2 Å². The lowest BCUT2D eigenvalue weighted by Gasteiger charge is -2.30. The molecule has 1 saturated heterocycles. The monoisotopic (exact) mass is 376 g/mol. The first kappa shape index (κ1) is 18.8. The molecule has 0 radical (unpaired) electrons. The highest BCUT2D eigenvalue weighted by molar-refractivity contribution is 7.98. The van der Waals surface area contributed by atoms with Crippen LogP contribution in [0.5, 0.6) is 0 Å². The highest BCUT2D eigenvalue weighted by Crippen LogP contribution is 2.30. The Balaban J connectivity index is 1.73. The van der Waals surface area contributed by atoms with Crippen LogP contribution >= 0.6 is 11.8 Å². The molecule has 0 bridgehead atoms. The zero-order valence-corrected chi connectivity index (χ0v) is 16.1. The Morgan fingerprint density at radius 1 is 1.38 bits per heavy atom. The van der Waals surface area contributed by atoms with Crippen molar-refractivity contribution in [3.63, 3.8) is 0 Å². The van der Waals surface area contributed by atoms with Crippen molar-refractivity contribution >= 4 is 17.8 Å². The van der Waals surface area contributed by atoms with Gasteiger partial charge < -0.3 is 14.8 Å². The van der Waals surface area contributed by atoms with Crippen LogP contribution < -0.4 is 5.32 Å². The summed E-state index contributed by atoms with van der Waals surface area (Å²) >= 11 is 1.57. The summed E-state index contributed by atoms with van der Waals surface area (Å²) in [6.07, 6.45) is 7.74. The Morgan fingerprint density at radius 2 is 2.23 bits per heavy atom. The van der Waals surface area contributed by atoms with Gasteiger partial charge in [0.2, 0.25) is 0 Å². The maximum absolute atomic E-state index is 13.7. The Morgan fingerprint density at radius 3 is 2.96 bits per heavy atom. The van der Waals surface area contributed by atoms with E-state index in [1.54, 1.807) is 30.1 Å². The average Bonchev–Trinajstić information content (AvgIpc) is 2.84. The topological polar surface area (TPSA) is 50.2 Å². The van der Waals surface area contributed by atoms with E-state index in [1.165, 1.54) is 6.07 Å². The Labute approximate surface area is 158 Å².